The lowest BCUT2D eigenvalue weighted by Gasteiger charge is -2.36. The second kappa shape index (κ2) is 9.60. The Bertz CT molecular complexity index is 1160. The van der Waals surface area contributed by atoms with Crippen LogP contribution in [0.2, 0.25) is 0 Å². The van der Waals surface area contributed by atoms with Crippen LogP contribution in [-0.4, -0.2) is 60.5 Å². The first kappa shape index (κ1) is 22.1. The summed E-state index contributed by atoms with van der Waals surface area (Å²) in [4.78, 5) is 41.0. The first-order valence-electron chi connectivity index (χ1n) is 10.7. The third-order valence-electron chi connectivity index (χ3n) is 5.84. The van der Waals surface area contributed by atoms with Gasteiger partial charge in [-0.1, -0.05) is 36.4 Å². The van der Waals surface area contributed by atoms with Gasteiger partial charge in [0.25, 0.3) is 5.91 Å². The summed E-state index contributed by atoms with van der Waals surface area (Å²) in [5, 5.41) is 0. The molecule has 1 aliphatic rings. The third kappa shape index (κ3) is 4.74. The first-order chi connectivity index (χ1) is 16.0. The molecule has 2 aromatic carbocycles. The van der Waals surface area contributed by atoms with Crippen molar-refractivity contribution in [3.63, 3.8) is 0 Å². The van der Waals surface area contributed by atoms with E-state index in [1.807, 2.05) is 42.5 Å². The number of methoxy groups -OCH3 is 1. The Labute approximate surface area is 192 Å². The predicted molar refractivity (Wildman–Crippen MR) is 125 cm³/mol. The highest BCUT2D eigenvalue weighted by Gasteiger charge is 2.28. The minimum Gasteiger partial charge on any atom is -0.468 e. The van der Waals surface area contributed by atoms with Gasteiger partial charge in [0.15, 0.2) is 0 Å². The highest BCUT2D eigenvalue weighted by atomic mass is 16.5. The molecule has 3 aromatic rings. The lowest BCUT2D eigenvalue weighted by molar-refractivity contribution is -0.141. The number of hydrogen-bond acceptors (Lipinski definition) is 5. The molecule has 0 saturated carbocycles. The number of primary amides is 1. The van der Waals surface area contributed by atoms with E-state index in [9.17, 15) is 14.4 Å². The zero-order valence-electron chi connectivity index (χ0n) is 18.4. The molecule has 8 nitrogen and oxygen atoms in total. The fourth-order valence-corrected chi connectivity index (χ4v) is 4.07. The molecule has 0 bridgehead atoms. The average molecular weight is 447 g/mol. The van der Waals surface area contributed by atoms with Crippen LogP contribution in [0.5, 0.6) is 0 Å². The van der Waals surface area contributed by atoms with Crippen molar-refractivity contribution in [1.29, 1.82) is 0 Å². The zero-order chi connectivity index (χ0) is 23.4. The van der Waals surface area contributed by atoms with Gasteiger partial charge in [-0.15, -0.1) is 0 Å². The van der Waals surface area contributed by atoms with Crippen molar-refractivity contribution in [2.75, 3.05) is 38.2 Å². The van der Waals surface area contributed by atoms with E-state index in [4.69, 9.17) is 10.5 Å². The summed E-state index contributed by atoms with van der Waals surface area (Å²) in [6, 6.07) is 18.7. The lowest BCUT2D eigenvalue weighted by atomic mass is 10.1. The molecule has 2 amide bonds. The smallest absolute Gasteiger partial charge is 0.325 e. The minimum absolute atomic E-state index is 0.0374. The van der Waals surface area contributed by atoms with Crippen molar-refractivity contribution in [2.24, 2.45) is 5.73 Å². The van der Waals surface area contributed by atoms with Crippen molar-refractivity contribution >= 4 is 23.5 Å². The number of carbonyl (C=O) groups is 3. The molecule has 0 spiro atoms. The summed E-state index contributed by atoms with van der Waals surface area (Å²) in [5.41, 5.74) is 8.92. The number of hydrogen-bond donors (Lipinski definition) is 1. The number of aromatic nitrogens is 1. The number of benzene rings is 2. The van der Waals surface area contributed by atoms with Gasteiger partial charge in [-0.2, -0.15) is 0 Å². The maximum absolute atomic E-state index is 13.6. The Balaban J connectivity index is 1.56. The molecule has 1 fully saturated rings. The van der Waals surface area contributed by atoms with Crippen LogP contribution in [0.25, 0.3) is 11.1 Å². The van der Waals surface area contributed by atoms with E-state index in [1.54, 1.807) is 33.9 Å². The van der Waals surface area contributed by atoms with Crippen LogP contribution in [-0.2, 0) is 16.1 Å². The molecular weight excluding hydrogens is 420 g/mol. The second-order valence-corrected chi connectivity index (χ2v) is 7.84. The molecule has 8 heteroatoms. The highest BCUT2D eigenvalue weighted by molar-refractivity contribution is 6.00. The van der Waals surface area contributed by atoms with Crippen molar-refractivity contribution < 1.29 is 19.1 Å². The number of piperazine rings is 1. The Kier molecular flexibility index (Phi) is 6.44. The number of nitrogens with two attached hydrogens (primary N) is 1. The van der Waals surface area contributed by atoms with E-state index < -0.39 is 11.9 Å². The van der Waals surface area contributed by atoms with Gasteiger partial charge in [-0.3, -0.25) is 14.4 Å². The molecule has 1 saturated heterocycles. The predicted octanol–water partition coefficient (Wildman–Crippen LogP) is 2.39. The molecule has 4 rings (SSSR count). The van der Waals surface area contributed by atoms with Gasteiger partial charge in [0.05, 0.1) is 7.11 Å². The van der Waals surface area contributed by atoms with Crippen molar-refractivity contribution in [1.82, 2.24) is 9.47 Å². The van der Waals surface area contributed by atoms with Gasteiger partial charge in [-0.25, -0.2) is 0 Å². The van der Waals surface area contributed by atoms with E-state index in [1.165, 1.54) is 7.11 Å². The number of amides is 2. The fraction of sp³-hybridized carbons (Fsp3) is 0.240. The molecule has 2 heterocycles. The molecule has 0 aliphatic carbocycles. The normalized spacial score (nSPS) is 13.6. The maximum Gasteiger partial charge on any atom is 0.325 e. The quantitative estimate of drug-likeness (QED) is 0.587. The summed E-state index contributed by atoms with van der Waals surface area (Å²) < 4.78 is 6.47. The molecule has 170 valence electrons. The standard InChI is InChI=1S/C25H26N4O4/c1-33-22(30)17-29-11-10-21(18-6-3-2-4-7-18)23(29)25(32)28-14-12-27(13-15-28)20-9-5-8-19(16-20)24(26)31/h2-11,16H,12-15,17H2,1H3,(H2,26,31). The van der Waals surface area contributed by atoms with Gasteiger partial charge in [0.2, 0.25) is 5.91 Å². The molecule has 0 radical (unpaired) electrons. The van der Waals surface area contributed by atoms with E-state index in [0.717, 1.165) is 16.8 Å². The van der Waals surface area contributed by atoms with Gasteiger partial charge in [0, 0.05) is 49.2 Å². The van der Waals surface area contributed by atoms with E-state index in [-0.39, 0.29) is 12.5 Å². The molecule has 0 atom stereocenters. The second-order valence-electron chi connectivity index (χ2n) is 7.84. The van der Waals surface area contributed by atoms with E-state index in [0.29, 0.717) is 37.4 Å². The van der Waals surface area contributed by atoms with Gasteiger partial charge in [0.1, 0.15) is 12.2 Å². The van der Waals surface area contributed by atoms with Crippen LogP contribution >= 0.6 is 0 Å². The minimum atomic E-state index is -0.467. The lowest BCUT2D eigenvalue weighted by Crippen LogP contribution is -2.49. The summed E-state index contributed by atoms with van der Waals surface area (Å²) in [6.07, 6.45) is 1.75. The van der Waals surface area contributed by atoms with Crippen LogP contribution < -0.4 is 10.6 Å². The molecular formula is C25H26N4O4. The number of esters is 1. The number of carbonyl (C=O) groups excluding carboxylic acids is 3. The number of ether oxygens (including phenoxy) is 1. The van der Waals surface area contributed by atoms with Crippen LogP contribution in [0, 0.1) is 0 Å². The average Bonchev–Trinajstić information content (AvgIpc) is 3.27. The van der Waals surface area contributed by atoms with Crippen molar-refractivity contribution in [3.8, 4) is 11.1 Å². The summed E-state index contributed by atoms with van der Waals surface area (Å²) in [5.74, 6) is -1.02. The zero-order valence-corrected chi connectivity index (χ0v) is 18.4. The van der Waals surface area contributed by atoms with Gasteiger partial charge < -0.3 is 24.8 Å². The topological polar surface area (TPSA) is 97.9 Å². The number of rotatable bonds is 6. The van der Waals surface area contributed by atoms with Crippen LogP contribution in [0.3, 0.4) is 0 Å². The van der Waals surface area contributed by atoms with E-state index >= 15 is 0 Å². The molecule has 2 N–H and O–H groups in total. The monoisotopic (exact) mass is 446 g/mol. The third-order valence-corrected chi connectivity index (χ3v) is 5.84. The van der Waals surface area contributed by atoms with E-state index in [2.05, 4.69) is 4.90 Å². The van der Waals surface area contributed by atoms with Crippen LogP contribution in [0.4, 0.5) is 5.69 Å². The SMILES string of the molecule is COC(=O)Cn1ccc(-c2ccccc2)c1C(=O)N1CCN(c2cccc(C(N)=O)c2)CC1. The Morgan fingerprint density at radius 1 is 0.939 bits per heavy atom. The Morgan fingerprint density at radius 2 is 1.67 bits per heavy atom. The molecule has 1 aliphatic heterocycles. The van der Waals surface area contributed by atoms with Crippen molar-refractivity contribution in [3.05, 3.63) is 78.1 Å². The van der Waals surface area contributed by atoms with Gasteiger partial charge in [-0.05, 0) is 29.8 Å². The first-order valence-corrected chi connectivity index (χ1v) is 10.7. The summed E-state index contributed by atoms with van der Waals surface area (Å²) >= 11 is 0. The Hall–Kier alpha value is -4.07. The number of nitrogens with zero attached hydrogens (tertiary/aromatic N) is 3. The summed E-state index contributed by atoms with van der Waals surface area (Å²) in [6.45, 7) is 2.22. The van der Waals surface area contributed by atoms with Gasteiger partial charge >= 0.3 is 5.97 Å². The molecule has 1 aromatic heterocycles. The largest absolute Gasteiger partial charge is 0.468 e. The highest BCUT2D eigenvalue weighted by Crippen LogP contribution is 2.27. The maximum atomic E-state index is 13.6. The number of anilines is 1. The van der Waals surface area contributed by atoms with Crippen LogP contribution in [0.15, 0.2) is 66.9 Å². The fourth-order valence-electron chi connectivity index (χ4n) is 4.07. The Morgan fingerprint density at radius 3 is 2.33 bits per heavy atom. The molecule has 0 unspecified atom stereocenters. The molecule has 33 heavy (non-hydrogen) atoms. The van der Waals surface area contributed by atoms with Crippen LogP contribution in [0.1, 0.15) is 20.8 Å². The summed E-state index contributed by atoms with van der Waals surface area (Å²) in [7, 11) is 1.33. The van der Waals surface area contributed by atoms with Crippen molar-refractivity contribution in [2.45, 2.75) is 6.54 Å².